The van der Waals surface area contributed by atoms with Crippen molar-refractivity contribution in [2.75, 3.05) is 5.32 Å². The Kier molecular flexibility index (Phi) is 4.00. The third kappa shape index (κ3) is 3.06. The van der Waals surface area contributed by atoms with Crippen LogP contribution < -0.4 is 5.32 Å². The molecule has 1 nitrogen and oxygen atoms in total. The predicted molar refractivity (Wildman–Crippen MR) is 73.4 cm³/mol. The van der Waals surface area contributed by atoms with E-state index in [1.165, 1.54) is 6.07 Å². The van der Waals surface area contributed by atoms with Crippen molar-refractivity contribution in [2.24, 2.45) is 0 Å². The Bertz CT molecular complexity index is 498. The van der Waals surface area contributed by atoms with Gasteiger partial charge in [-0.2, -0.15) is 0 Å². The van der Waals surface area contributed by atoms with E-state index in [-0.39, 0.29) is 5.82 Å². The number of hydrogen-bond acceptors (Lipinski definition) is 2. The average Bonchev–Trinajstić information content (AvgIpc) is 2.63. The largest absolute Gasteiger partial charge is 0.378 e. The molecule has 0 radical (unpaired) electrons. The fraction of sp³-hybridized carbons (Fsp3) is 0.0909. The molecule has 0 aliphatic rings. The summed E-state index contributed by atoms with van der Waals surface area (Å²) in [6.45, 7) is 0.634. The Labute approximate surface area is 114 Å². The molecular weight excluding hydrogens is 357 g/mol. The second-order valence-electron chi connectivity index (χ2n) is 3.18. The van der Waals surface area contributed by atoms with Crippen LogP contribution in [0, 0.1) is 5.82 Å². The zero-order valence-corrected chi connectivity index (χ0v) is 12.1. The number of nitrogens with one attached hydrogen (secondary N) is 1. The summed E-state index contributed by atoms with van der Waals surface area (Å²) in [5, 5.41) is 3.06. The van der Waals surface area contributed by atoms with Crippen LogP contribution in [0.2, 0.25) is 0 Å². The lowest BCUT2D eigenvalue weighted by atomic mass is 10.3. The van der Waals surface area contributed by atoms with E-state index < -0.39 is 0 Å². The van der Waals surface area contributed by atoms with Crippen LogP contribution in [0.3, 0.4) is 0 Å². The van der Waals surface area contributed by atoms with Crippen molar-refractivity contribution in [2.45, 2.75) is 6.54 Å². The highest BCUT2D eigenvalue weighted by atomic mass is 79.9. The normalized spacial score (nSPS) is 10.4. The van der Waals surface area contributed by atoms with Crippen molar-refractivity contribution >= 4 is 48.9 Å². The van der Waals surface area contributed by atoms with Gasteiger partial charge in [0.15, 0.2) is 0 Å². The van der Waals surface area contributed by atoms with Crippen LogP contribution >= 0.6 is 43.2 Å². The van der Waals surface area contributed by atoms with E-state index in [9.17, 15) is 4.39 Å². The van der Waals surface area contributed by atoms with Crippen LogP contribution in [0.5, 0.6) is 0 Å². The minimum Gasteiger partial charge on any atom is -0.378 e. The van der Waals surface area contributed by atoms with Crippen LogP contribution in [-0.4, -0.2) is 0 Å². The summed E-state index contributed by atoms with van der Waals surface area (Å²) in [5.41, 5.74) is 0.521. The van der Waals surface area contributed by atoms with Gasteiger partial charge in [0.2, 0.25) is 0 Å². The molecule has 0 amide bonds. The summed E-state index contributed by atoms with van der Waals surface area (Å²) >= 11 is 8.25. The quantitative estimate of drug-likeness (QED) is 0.805. The Morgan fingerprint density at radius 2 is 2.00 bits per heavy atom. The molecule has 1 N–H and O–H groups in total. The lowest BCUT2D eigenvalue weighted by Crippen LogP contribution is -1.99. The number of anilines is 1. The van der Waals surface area contributed by atoms with Crippen molar-refractivity contribution in [1.82, 2.24) is 0 Å². The second-order valence-corrected chi connectivity index (χ2v) is 6.65. The van der Waals surface area contributed by atoms with Gasteiger partial charge in [0.1, 0.15) is 5.82 Å². The smallest absolute Gasteiger partial charge is 0.147 e. The van der Waals surface area contributed by atoms with Gasteiger partial charge in [-0.1, -0.05) is 15.9 Å². The van der Waals surface area contributed by atoms with E-state index in [4.69, 9.17) is 0 Å². The monoisotopic (exact) mass is 363 g/mol. The van der Waals surface area contributed by atoms with Gasteiger partial charge in [0.05, 0.1) is 9.47 Å². The maximum Gasteiger partial charge on any atom is 0.147 e. The Morgan fingerprint density at radius 3 is 2.62 bits per heavy atom. The molecule has 84 valence electrons. The molecule has 0 bridgehead atoms. The van der Waals surface area contributed by atoms with Crippen molar-refractivity contribution in [3.05, 3.63) is 49.3 Å². The molecule has 0 spiro atoms. The maximum absolute atomic E-state index is 13.5. The van der Waals surface area contributed by atoms with Gasteiger partial charge in [0.25, 0.3) is 0 Å². The number of hydrogen-bond donors (Lipinski definition) is 1. The highest BCUT2D eigenvalue weighted by molar-refractivity contribution is 9.11. The molecule has 2 aromatic rings. The molecular formula is C11H8Br2FNS. The van der Waals surface area contributed by atoms with Crippen LogP contribution in [0.1, 0.15) is 4.88 Å². The van der Waals surface area contributed by atoms with Gasteiger partial charge in [-0.3, -0.25) is 0 Å². The maximum atomic E-state index is 13.5. The fourth-order valence-electron chi connectivity index (χ4n) is 1.26. The zero-order chi connectivity index (χ0) is 11.5. The highest BCUT2D eigenvalue weighted by Gasteiger charge is 2.03. The molecule has 0 fully saturated rings. The van der Waals surface area contributed by atoms with Gasteiger partial charge >= 0.3 is 0 Å². The number of rotatable bonds is 3. The van der Waals surface area contributed by atoms with Crippen molar-refractivity contribution < 1.29 is 4.39 Å². The van der Waals surface area contributed by atoms with Crippen LogP contribution in [-0.2, 0) is 6.54 Å². The summed E-state index contributed by atoms with van der Waals surface area (Å²) in [7, 11) is 0. The molecule has 16 heavy (non-hydrogen) atoms. The van der Waals surface area contributed by atoms with Crippen LogP contribution in [0.15, 0.2) is 38.6 Å². The summed E-state index contributed by atoms with van der Waals surface area (Å²) in [5.74, 6) is -0.245. The standard InChI is InChI=1S/C11H8Br2FNS/c12-7-1-3-10(9(14)5-7)15-6-8-2-4-11(13)16-8/h1-5,15H,6H2. The van der Waals surface area contributed by atoms with Crippen molar-refractivity contribution in [3.8, 4) is 0 Å². The lowest BCUT2D eigenvalue weighted by Gasteiger charge is -2.06. The zero-order valence-electron chi connectivity index (χ0n) is 8.14. The van der Waals surface area contributed by atoms with Gasteiger partial charge in [-0.15, -0.1) is 11.3 Å². The first kappa shape index (κ1) is 12.1. The molecule has 0 aliphatic heterocycles. The molecule has 0 aliphatic carbocycles. The first-order chi connectivity index (χ1) is 7.65. The van der Waals surface area contributed by atoms with Gasteiger partial charge in [-0.05, 0) is 46.3 Å². The number of thiophene rings is 1. The van der Waals surface area contributed by atoms with Gasteiger partial charge in [-0.25, -0.2) is 4.39 Å². The minimum absolute atomic E-state index is 0.245. The SMILES string of the molecule is Fc1cc(Br)ccc1NCc1ccc(Br)s1. The number of benzene rings is 1. The first-order valence-corrected chi connectivity index (χ1v) is 6.98. The summed E-state index contributed by atoms with van der Waals surface area (Å²) in [4.78, 5) is 1.16. The van der Waals surface area contributed by atoms with E-state index >= 15 is 0 Å². The molecule has 2 rings (SSSR count). The molecule has 0 atom stereocenters. The van der Waals surface area contributed by atoms with Gasteiger partial charge < -0.3 is 5.32 Å². The lowest BCUT2D eigenvalue weighted by molar-refractivity contribution is 0.629. The second kappa shape index (κ2) is 5.29. The van der Waals surface area contributed by atoms with Crippen molar-refractivity contribution in [1.29, 1.82) is 0 Å². The summed E-state index contributed by atoms with van der Waals surface area (Å²) in [6.07, 6.45) is 0. The molecule has 0 unspecified atom stereocenters. The van der Waals surface area contributed by atoms with Gasteiger partial charge in [0, 0.05) is 15.9 Å². The van der Waals surface area contributed by atoms with Crippen LogP contribution in [0.4, 0.5) is 10.1 Å². The molecule has 0 saturated carbocycles. The Hall–Kier alpha value is -0.390. The highest BCUT2D eigenvalue weighted by Crippen LogP contribution is 2.24. The summed E-state index contributed by atoms with van der Waals surface area (Å²) < 4.78 is 15.3. The fourth-order valence-corrected chi connectivity index (χ4v) is 3.02. The van der Waals surface area contributed by atoms with E-state index in [1.807, 2.05) is 18.2 Å². The Morgan fingerprint density at radius 1 is 1.19 bits per heavy atom. The molecule has 0 saturated heterocycles. The van der Waals surface area contributed by atoms with Crippen molar-refractivity contribution in [3.63, 3.8) is 0 Å². The molecule has 1 heterocycles. The third-order valence-corrected chi connectivity index (χ3v) is 4.13. The minimum atomic E-state index is -0.245. The summed E-state index contributed by atoms with van der Waals surface area (Å²) in [6, 6.07) is 8.99. The predicted octanol–water partition coefficient (Wildman–Crippen LogP) is 5.02. The molecule has 1 aromatic heterocycles. The van der Waals surface area contributed by atoms with Crippen LogP contribution in [0.25, 0.3) is 0 Å². The third-order valence-electron chi connectivity index (χ3n) is 2.01. The molecule has 5 heteroatoms. The average molecular weight is 365 g/mol. The molecule has 1 aromatic carbocycles. The van der Waals surface area contributed by atoms with E-state index in [0.29, 0.717) is 12.2 Å². The van der Waals surface area contributed by atoms with E-state index in [2.05, 4.69) is 37.2 Å². The number of halogens is 3. The topological polar surface area (TPSA) is 12.0 Å². The Balaban J connectivity index is 2.04. The van der Waals surface area contributed by atoms with E-state index in [1.54, 1.807) is 17.4 Å². The van der Waals surface area contributed by atoms with E-state index in [0.717, 1.165) is 13.1 Å². The first-order valence-electron chi connectivity index (χ1n) is 4.58.